The Morgan fingerprint density at radius 3 is 2.47 bits per heavy atom. The third-order valence-electron chi connectivity index (χ3n) is 2.49. The molecule has 1 aromatic rings. The van der Waals surface area contributed by atoms with Gasteiger partial charge in [-0.25, -0.2) is 0 Å². The highest BCUT2D eigenvalue weighted by atomic mass is 16.6. The van der Waals surface area contributed by atoms with E-state index in [9.17, 15) is 0 Å². The van der Waals surface area contributed by atoms with Gasteiger partial charge in [-0.3, -0.25) is 0 Å². The summed E-state index contributed by atoms with van der Waals surface area (Å²) in [6, 6.07) is 3.82. The van der Waals surface area contributed by atoms with Gasteiger partial charge in [0.2, 0.25) is 0 Å². The van der Waals surface area contributed by atoms with Crippen LogP contribution in [-0.4, -0.2) is 20.3 Å². The Bertz CT molecular complexity index is 365. The smallest absolute Gasteiger partial charge is 0.161 e. The van der Waals surface area contributed by atoms with Crippen molar-refractivity contribution in [2.24, 2.45) is 5.73 Å². The van der Waals surface area contributed by atoms with E-state index in [0.717, 1.165) is 22.6 Å². The Morgan fingerprint density at radius 1 is 1.27 bits per heavy atom. The van der Waals surface area contributed by atoms with Gasteiger partial charge in [-0.05, 0) is 24.6 Å². The third kappa shape index (κ3) is 1.91. The fraction of sp³-hybridized carbons (Fsp3) is 0.455. The number of benzene rings is 1. The van der Waals surface area contributed by atoms with Crippen LogP contribution in [0.4, 0.5) is 0 Å². The normalized spacial score (nSPS) is 16.2. The Labute approximate surface area is 88.9 Å². The van der Waals surface area contributed by atoms with Crippen LogP contribution in [0.15, 0.2) is 12.1 Å². The highest BCUT2D eigenvalue weighted by Crippen LogP contribution is 2.34. The monoisotopic (exact) mass is 209 g/mol. The zero-order valence-electron chi connectivity index (χ0n) is 8.95. The molecule has 1 aromatic carbocycles. The van der Waals surface area contributed by atoms with Crippen molar-refractivity contribution in [1.29, 1.82) is 0 Å². The second-order valence-electron chi connectivity index (χ2n) is 3.51. The van der Waals surface area contributed by atoms with Crippen LogP contribution < -0.4 is 15.2 Å². The molecule has 1 heterocycles. The van der Waals surface area contributed by atoms with Crippen LogP contribution in [0, 0.1) is 6.92 Å². The maximum atomic E-state index is 5.81. The second-order valence-corrected chi connectivity index (χ2v) is 3.51. The molecule has 82 valence electrons. The maximum Gasteiger partial charge on any atom is 0.161 e. The van der Waals surface area contributed by atoms with E-state index in [0.29, 0.717) is 13.2 Å². The standard InChI is InChI=1S/C11H15NO3/c1-7-5-9-10(15-4-3-14-9)6-8(7)11(12)13-2/h5-6,11H,3-4,12H2,1-2H3. The summed E-state index contributed by atoms with van der Waals surface area (Å²) in [6.07, 6.45) is -0.416. The lowest BCUT2D eigenvalue weighted by Gasteiger charge is -2.21. The first-order chi connectivity index (χ1) is 7.22. The molecule has 4 nitrogen and oxygen atoms in total. The van der Waals surface area contributed by atoms with Gasteiger partial charge in [0.05, 0.1) is 0 Å². The van der Waals surface area contributed by atoms with Gasteiger partial charge in [-0.15, -0.1) is 0 Å². The van der Waals surface area contributed by atoms with E-state index in [1.54, 1.807) is 7.11 Å². The molecule has 0 radical (unpaired) electrons. The molecule has 0 amide bonds. The van der Waals surface area contributed by atoms with Crippen LogP contribution in [0.5, 0.6) is 11.5 Å². The van der Waals surface area contributed by atoms with Crippen LogP contribution in [0.25, 0.3) is 0 Å². The van der Waals surface area contributed by atoms with Gasteiger partial charge in [0.25, 0.3) is 0 Å². The minimum atomic E-state index is -0.416. The first-order valence-corrected chi connectivity index (χ1v) is 4.91. The van der Waals surface area contributed by atoms with Crippen molar-refractivity contribution in [3.8, 4) is 11.5 Å². The first kappa shape index (κ1) is 10.3. The van der Waals surface area contributed by atoms with E-state index in [4.69, 9.17) is 19.9 Å². The van der Waals surface area contributed by atoms with Gasteiger partial charge in [0.15, 0.2) is 11.5 Å². The number of aryl methyl sites for hydroxylation is 1. The van der Waals surface area contributed by atoms with Gasteiger partial charge in [-0.1, -0.05) is 0 Å². The molecule has 1 unspecified atom stereocenters. The number of methoxy groups -OCH3 is 1. The number of ether oxygens (including phenoxy) is 3. The zero-order chi connectivity index (χ0) is 10.8. The molecular weight excluding hydrogens is 194 g/mol. The molecular formula is C11H15NO3. The van der Waals surface area contributed by atoms with Crippen LogP contribution in [0.2, 0.25) is 0 Å². The van der Waals surface area contributed by atoms with Crippen molar-refractivity contribution in [2.45, 2.75) is 13.2 Å². The molecule has 0 fully saturated rings. The van der Waals surface area contributed by atoms with Gasteiger partial charge < -0.3 is 19.9 Å². The fourth-order valence-corrected chi connectivity index (χ4v) is 1.64. The van der Waals surface area contributed by atoms with Crippen molar-refractivity contribution in [3.05, 3.63) is 23.3 Å². The molecule has 0 aliphatic carbocycles. The van der Waals surface area contributed by atoms with E-state index in [2.05, 4.69) is 0 Å². The van der Waals surface area contributed by atoms with Gasteiger partial charge in [0, 0.05) is 12.7 Å². The Kier molecular flexibility index (Phi) is 2.79. The van der Waals surface area contributed by atoms with E-state index in [-0.39, 0.29) is 0 Å². The van der Waals surface area contributed by atoms with E-state index < -0.39 is 6.23 Å². The van der Waals surface area contributed by atoms with E-state index >= 15 is 0 Å². The lowest BCUT2D eigenvalue weighted by atomic mass is 10.1. The lowest BCUT2D eigenvalue weighted by Crippen LogP contribution is -2.18. The molecule has 15 heavy (non-hydrogen) atoms. The van der Waals surface area contributed by atoms with Gasteiger partial charge in [0.1, 0.15) is 19.4 Å². The third-order valence-corrected chi connectivity index (χ3v) is 2.49. The summed E-state index contributed by atoms with van der Waals surface area (Å²) in [5.74, 6) is 1.53. The molecule has 4 heteroatoms. The van der Waals surface area contributed by atoms with Crippen molar-refractivity contribution < 1.29 is 14.2 Å². The van der Waals surface area contributed by atoms with Gasteiger partial charge in [-0.2, -0.15) is 0 Å². The molecule has 2 N–H and O–H groups in total. The molecule has 0 saturated carbocycles. The lowest BCUT2D eigenvalue weighted by molar-refractivity contribution is 0.107. The van der Waals surface area contributed by atoms with Crippen molar-refractivity contribution in [3.63, 3.8) is 0 Å². The predicted molar refractivity (Wildman–Crippen MR) is 56.1 cm³/mol. The maximum absolute atomic E-state index is 5.81. The molecule has 0 bridgehead atoms. The van der Waals surface area contributed by atoms with E-state index in [1.807, 2.05) is 19.1 Å². The number of rotatable bonds is 2. The SMILES string of the molecule is COC(N)c1cc2c(cc1C)OCCO2. The summed E-state index contributed by atoms with van der Waals surface area (Å²) in [7, 11) is 1.58. The largest absolute Gasteiger partial charge is 0.486 e. The van der Waals surface area contributed by atoms with Crippen molar-refractivity contribution in [1.82, 2.24) is 0 Å². The topological polar surface area (TPSA) is 53.7 Å². The molecule has 1 atom stereocenters. The van der Waals surface area contributed by atoms with Crippen LogP contribution in [0.3, 0.4) is 0 Å². The number of hydrogen-bond acceptors (Lipinski definition) is 4. The highest BCUT2D eigenvalue weighted by Gasteiger charge is 2.16. The Morgan fingerprint density at radius 2 is 1.87 bits per heavy atom. The highest BCUT2D eigenvalue weighted by molar-refractivity contribution is 5.48. The number of nitrogens with two attached hydrogens (primary N) is 1. The van der Waals surface area contributed by atoms with E-state index in [1.165, 1.54) is 0 Å². The summed E-state index contributed by atoms with van der Waals surface area (Å²) in [4.78, 5) is 0. The molecule has 1 aliphatic rings. The summed E-state index contributed by atoms with van der Waals surface area (Å²) in [6.45, 7) is 3.16. The average Bonchev–Trinajstić information content (AvgIpc) is 2.27. The summed E-state index contributed by atoms with van der Waals surface area (Å²) in [5, 5.41) is 0. The summed E-state index contributed by atoms with van der Waals surface area (Å²) >= 11 is 0. The minimum Gasteiger partial charge on any atom is -0.486 e. The minimum absolute atomic E-state index is 0.416. The van der Waals surface area contributed by atoms with Crippen LogP contribution in [-0.2, 0) is 4.74 Å². The molecule has 0 spiro atoms. The quantitative estimate of drug-likeness (QED) is 0.747. The Hall–Kier alpha value is -1.26. The summed E-state index contributed by atoms with van der Waals surface area (Å²) in [5.41, 5.74) is 7.79. The fourth-order valence-electron chi connectivity index (χ4n) is 1.64. The number of fused-ring (bicyclic) bond motifs is 1. The van der Waals surface area contributed by atoms with Crippen LogP contribution >= 0.6 is 0 Å². The van der Waals surface area contributed by atoms with Crippen molar-refractivity contribution in [2.75, 3.05) is 20.3 Å². The molecule has 0 aromatic heterocycles. The molecule has 2 rings (SSSR count). The average molecular weight is 209 g/mol. The number of hydrogen-bond donors (Lipinski definition) is 1. The zero-order valence-corrected chi connectivity index (χ0v) is 8.95. The molecule has 1 aliphatic heterocycles. The van der Waals surface area contributed by atoms with Crippen molar-refractivity contribution >= 4 is 0 Å². The Balaban J connectivity index is 2.40. The first-order valence-electron chi connectivity index (χ1n) is 4.91. The summed E-state index contributed by atoms with van der Waals surface area (Å²) < 4.78 is 16.0. The van der Waals surface area contributed by atoms with Gasteiger partial charge >= 0.3 is 0 Å². The molecule has 0 saturated heterocycles. The predicted octanol–water partition coefficient (Wildman–Crippen LogP) is 1.37. The van der Waals surface area contributed by atoms with Crippen LogP contribution in [0.1, 0.15) is 17.4 Å². The second kappa shape index (κ2) is 4.08.